The fraction of sp³-hybridized carbons (Fsp3) is 0.462. The number of aromatic nitrogens is 3. The van der Waals surface area contributed by atoms with Gasteiger partial charge < -0.3 is 24.0 Å². The van der Waals surface area contributed by atoms with Gasteiger partial charge in [-0.25, -0.2) is 4.79 Å². The van der Waals surface area contributed by atoms with Crippen LogP contribution < -0.4 is 9.64 Å². The molecule has 1 N–H and O–H groups in total. The predicted molar refractivity (Wildman–Crippen MR) is 127 cm³/mol. The number of anilines is 1. The number of benzene rings is 1. The molecule has 2 saturated heterocycles. The SMILES string of the molecule is O=C(O)c1ccc(N2C3CCC2CC(OCc2c(-c4ccccc4OC(F)F)noc2C2CC2)C3)nn1. The van der Waals surface area contributed by atoms with Gasteiger partial charge in [0.05, 0.1) is 12.7 Å². The van der Waals surface area contributed by atoms with Gasteiger partial charge in [-0.15, -0.1) is 10.2 Å². The van der Waals surface area contributed by atoms with E-state index in [2.05, 4.69) is 20.3 Å². The number of carbonyl (C=O) groups is 1. The van der Waals surface area contributed by atoms with E-state index >= 15 is 0 Å². The smallest absolute Gasteiger partial charge is 0.387 e. The zero-order chi connectivity index (χ0) is 25.5. The summed E-state index contributed by atoms with van der Waals surface area (Å²) in [6.07, 6.45) is 5.59. The quantitative estimate of drug-likeness (QED) is 0.422. The summed E-state index contributed by atoms with van der Waals surface area (Å²) in [7, 11) is 0. The van der Waals surface area contributed by atoms with Gasteiger partial charge in [-0.2, -0.15) is 8.78 Å². The van der Waals surface area contributed by atoms with E-state index in [1.165, 1.54) is 12.1 Å². The van der Waals surface area contributed by atoms with Gasteiger partial charge in [0.25, 0.3) is 0 Å². The summed E-state index contributed by atoms with van der Waals surface area (Å²) in [5.41, 5.74) is 1.64. The molecule has 3 aliphatic rings. The van der Waals surface area contributed by atoms with E-state index in [1.54, 1.807) is 24.3 Å². The van der Waals surface area contributed by atoms with Crippen LogP contribution in [0.3, 0.4) is 0 Å². The van der Waals surface area contributed by atoms with Crippen molar-refractivity contribution in [1.82, 2.24) is 15.4 Å². The van der Waals surface area contributed by atoms with Gasteiger partial charge in [-0.1, -0.05) is 17.3 Å². The van der Waals surface area contributed by atoms with Crippen molar-refractivity contribution in [1.29, 1.82) is 0 Å². The van der Waals surface area contributed by atoms with Crippen LogP contribution in [0.1, 0.15) is 66.3 Å². The fourth-order valence-electron chi connectivity index (χ4n) is 5.62. The van der Waals surface area contributed by atoms with E-state index in [1.807, 2.05) is 0 Å². The highest BCUT2D eigenvalue weighted by Crippen LogP contribution is 2.46. The van der Waals surface area contributed by atoms with Gasteiger partial charge in [-0.05, 0) is 62.8 Å². The molecule has 1 aromatic carbocycles. The number of carboxylic acid groups (broad SMARTS) is 1. The summed E-state index contributed by atoms with van der Waals surface area (Å²) in [6.45, 7) is -2.67. The lowest BCUT2D eigenvalue weighted by molar-refractivity contribution is -0.0494. The second kappa shape index (κ2) is 9.70. The molecule has 9 nitrogen and oxygen atoms in total. The third-order valence-electron chi connectivity index (χ3n) is 7.41. The summed E-state index contributed by atoms with van der Waals surface area (Å²) >= 11 is 0. The molecule has 1 aliphatic carbocycles. The maximum atomic E-state index is 13.0. The summed E-state index contributed by atoms with van der Waals surface area (Å²) < 4.78 is 42.9. The van der Waals surface area contributed by atoms with Gasteiger partial charge in [0.2, 0.25) is 0 Å². The minimum absolute atomic E-state index is 0.00219. The molecule has 3 aromatic rings. The Kier molecular flexibility index (Phi) is 6.23. The molecular formula is C26H26F2N4O5. The first kappa shape index (κ1) is 23.8. The zero-order valence-electron chi connectivity index (χ0n) is 19.9. The number of fused-ring (bicyclic) bond motifs is 2. The molecule has 0 radical (unpaired) electrons. The number of aromatic carboxylic acids is 1. The van der Waals surface area contributed by atoms with E-state index in [9.17, 15) is 13.6 Å². The molecule has 2 bridgehead atoms. The van der Waals surface area contributed by atoms with Gasteiger partial charge >= 0.3 is 12.6 Å². The average Bonchev–Trinajstić information content (AvgIpc) is 3.59. The number of hydrogen-bond donors (Lipinski definition) is 1. The number of para-hydroxylation sites is 1. The molecule has 0 spiro atoms. The number of halogens is 2. The average molecular weight is 513 g/mol. The molecule has 2 atom stereocenters. The van der Waals surface area contributed by atoms with Crippen molar-refractivity contribution in [2.45, 2.75) is 75.8 Å². The minimum atomic E-state index is -2.94. The molecule has 4 heterocycles. The van der Waals surface area contributed by atoms with Crippen LogP contribution in [0.25, 0.3) is 11.3 Å². The van der Waals surface area contributed by atoms with E-state index in [-0.39, 0.29) is 42.2 Å². The molecule has 6 rings (SSSR count). The predicted octanol–water partition coefficient (Wildman–Crippen LogP) is 5.03. The molecular weight excluding hydrogens is 486 g/mol. The van der Waals surface area contributed by atoms with Crippen LogP contribution >= 0.6 is 0 Å². The third kappa shape index (κ3) is 4.75. The second-order valence-corrected chi connectivity index (χ2v) is 9.80. The molecule has 1 saturated carbocycles. The highest BCUT2D eigenvalue weighted by atomic mass is 19.3. The number of hydrogen-bond acceptors (Lipinski definition) is 8. The van der Waals surface area contributed by atoms with Crippen molar-refractivity contribution in [2.24, 2.45) is 0 Å². The number of piperidine rings is 1. The molecule has 194 valence electrons. The molecule has 11 heteroatoms. The second-order valence-electron chi connectivity index (χ2n) is 9.80. The number of ether oxygens (including phenoxy) is 2. The Balaban J connectivity index is 1.19. The Morgan fingerprint density at radius 3 is 2.49 bits per heavy atom. The normalized spacial score (nSPS) is 23.0. The van der Waals surface area contributed by atoms with Gasteiger partial charge in [0, 0.05) is 29.1 Å². The Morgan fingerprint density at radius 2 is 1.84 bits per heavy atom. The van der Waals surface area contributed by atoms with Crippen LogP contribution in [-0.2, 0) is 11.3 Å². The minimum Gasteiger partial charge on any atom is -0.476 e. The lowest BCUT2D eigenvalue weighted by Gasteiger charge is -2.39. The first-order chi connectivity index (χ1) is 18.0. The lowest BCUT2D eigenvalue weighted by Crippen LogP contribution is -2.46. The third-order valence-corrected chi connectivity index (χ3v) is 7.41. The van der Waals surface area contributed by atoms with Crippen molar-refractivity contribution in [2.75, 3.05) is 4.90 Å². The summed E-state index contributed by atoms with van der Waals surface area (Å²) in [6, 6.07) is 10.2. The Morgan fingerprint density at radius 1 is 1.08 bits per heavy atom. The van der Waals surface area contributed by atoms with Crippen molar-refractivity contribution in [3.8, 4) is 17.0 Å². The van der Waals surface area contributed by atoms with Crippen molar-refractivity contribution < 1.29 is 32.7 Å². The maximum Gasteiger partial charge on any atom is 0.387 e. The molecule has 3 fully saturated rings. The molecule has 2 unspecified atom stereocenters. The highest BCUT2D eigenvalue weighted by molar-refractivity contribution is 5.85. The van der Waals surface area contributed by atoms with E-state index in [0.717, 1.165) is 49.8 Å². The molecule has 2 aliphatic heterocycles. The largest absolute Gasteiger partial charge is 0.476 e. The van der Waals surface area contributed by atoms with Crippen LogP contribution in [0, 0.1) is 0 Å². The molecule has 2 aromatic heterocycles. The summed E-state index contributed by atoms with van der Waals surface area (Å²) in [5.74, 6) is 0.667. The first-order valence-corrected chi connectivity index (χ1v) is 12.5. The summed E-state index contributed by atoms with van der Waals surface area (Å²) in [5, 5.41) is 21.3. The highest BCUT2D eigenvalue weighted by Gasteiger charge is 2.42. The monoisotopic (exact) mass is 512 g/mol. The molecule has 37 heavy (non-hydrogen) atoms. The van der Waals surface area contributed by atoms with Crippen LogP contribution in [0.15, 0.2) is 40.9 Å². The Bertz CT molecular complexity index is 1270. The van der Waals surface area contributed by atoms with Crippen LogP contribution in [-0.4, -0.2) is 51.2 Å². The van der Waals surface area contributed by atoms with Gasteiger partial charge in [-0.3, -0.25) is 0 Å². The number of nitrogens with zero attached hydrogens (tertiary/aromatic N) is 4. The number of rotatable bonds is 9. The van der Waals surface area contributed by atoms with Crippen LogP contribution in [0.4, 0.5) is 14.6 Å². The zero-order valence-corrected chi connectivity index (χ0v) is 19.9. The van der Waals surface area contributed by atoms with Gasteiger partial charge in [0.1, 0.15) is 17.2 Å². The van der Waals surface area contributed by atoms with E-state index in [0.29, 0.717) is 17.1 Å². The lowest BCUT2D eigenvalue weighted by atomic mass is 9.99. The van der Waals surface area contributed by atoms with E-state index < -0.39 is 12.6 Å². The van der Waals surface area contributed by atoms with Crippen molar-refractivity contribution in [3.05, 3.63) is 53.4 Å². The van der Waals surface area contributed by atoms with E-state index in [4.69, 9.17) is 19.1 Å². The van der Waals surface area contributed by atoms with Crippen molar-refractivity contribution in [3.63, 3.8) is 0 Å². The molecule has 0 amide bonds. The first-order valence-electron chi connectivity index (χ1n) is 12.5. The number of carboxylic acids is 1. The summed E-state index contributed by atoms with van der Waals surface area (Å²) in [4.78, 5) is 13.3. The van der Waals surface area contributed by atoms with Crippen LogP contribution in [0.2, 0.25) is 0 Å². The topological polar surface area (TPSA) is 111 Å². The number of alkyl halides is 2. The standard InChI is InChI=1S/C26H26F2N4O5/c27-26(28)36-21-4-2-1-3-18(21)23-19(24(37-31-23)14-5-6-14)13-35-17-11-15-7-8-16(12-17)32(15)22-10-9-20(25(33)34)29-30-22/h1-4,9-10,14-17,26H,5-8,11-13H2,(H,33,34). The Labute approximate surface area is 211 Å². The van der Waals surface area contributed by atoms with Gasteiger partial charge in [0.15, 0.2) is 11.5 Å². The Hall–Kier alpha value is -3.60. The van der Waals surface area contributed by atoms with Crippen LogP contribution in [0.5, 0.6) is 5.75 Å². The van der Waals surface area contributed by atoms with Crippen molar-refractivity contribution >= 4 is 11.8 Å². The maximum absolute atomic E-state index is 13.0. The fourth-order valence-corrected chi connectivity index (χ4v) is 5.62.